The fraction of sp³-hybridized carbons (Fsp3) is 0.308. The average Bonchev–Trinajstić information content (AvgIpc) is 2.83. The number of hydrogen-bond donors (Lipinski definition) is 4. The second-order valence-corrected chi connectivity index (χ2v) is 9.03. The van der Waals surface area contributed by atoms with Gasteiger partial charge in [0.15, 0.2) is 18.2 Å². The van der Waals surface area contributed by atoms with Crippen LogP contribution in [0.5, 0.6) is 5.75 Å². The Morgan fingerprint density at radius 3 is 2.94 bits per heavy atom. The zero-order valence-electron chi connectivity index (χ0n) is 19.4. The number of aliphatic hydroxyl groups is 1. The van der Waals surface area contributed by atoms with Gasteiger partial charge >= 0.3 is 0 Å². The monoisotopic (exact) mass is 473 g/mol. The molecule has 2 amide bonds. The van der Waals surface area contributed by atoms with Gasteiger partial charge in [0.2, 0.25) is 5.91 Å². The first kappa shape index (κ1) is 22.9. The van der Waals surface area contributed by atoms with Gasteiger partial charge in [-0.3, -0.25) is 14.6 Å². The molecule has 4 N–H and O–H groups in total. The zero-order chi connectivity index (χ0) is 24.4. The molecular formula is C26H27N5O4. The van der Waals surface area contributed by atoms with Crippen LogP contribution in [0.15, 0.2) is 54.6 Å². The quantitative estimate of drug-likeness (QED) is 0.406. The minimum atomic E-state index is -1.21. The SMILES string of the molecule is Cc1ccc2cccc(NC(=O)C[C@@]3(O)C=C[C@H](NCc4ccc5c(n4)NC(=O)CO5)CC3)c2n1. The minimum Gasteiger partial charge on any atom is -0.480 e. The van der Waals surface area contributed by atoms with Crippen LogP contribution < -0.4 is 20.7 Å². The Kier molecular flexibility index (Phi) is 6.19. The molecule has 0 unspecified atom stereocenters. The van der Waals surface area contributed by atoms with Crippen LogP contribution in [0.25, 0.3) is 10.9 Å². The molecule has 0 saturated heterocycles. The number of aromatic nitrogens is 2. The Morgan fingerprint density at radius 2 is 2.11 bits per heavy atom. The number of rotatable bonds is 6. The number of aryl methyl sites for hydroxylation is 1. The van der Waals surface area contributed by atoms with Gasteiger partial charge in [-0.05, 0) is 44.0 Å². The molecule has 9 heteroatoms. The third-order valence-corrected chi connectivity index (χ3v) is 6.21. The van der Waals surface area contributed by atoms with E-state index in [1.54, 1.807) is 12.1 Å². The highest BCUT2D eigenvalue weighted by Crippen LogP contribution is 2.28. The topological polar surface area (TPSA) is 125 Å². The highest BCUT2D eigenvalue weighted by atomic mass is 16.5. The molecule has 9 nitrogen and oxygen atoms in total. The smallest absolute Gasteiger partial charge is 0.263 e. The van der Waals surface area contributed by atoms with Crippen molar-refractivity contribution in [2.75, 3.05) is 17.2 Å². The van der Waals surface area contributed by atoms with Crippen molar-refractivity contribution in [1.29, 1.82) is 0 Å². The van der Waals surface area contributed by atoms with E-state index in [0.717, 1.165) is 22.3 Å². The van der Waals surface area contributed by atoms with Gasteiger partial charge in [-0.25, -0.2) is 4.98 Å². The van der Waals surface area contributed by atoms with E-state index in [-0.39, 0.29) is 30.9 Å². The van der Waals surface area contributed by atoms with Crippen molar-refractivity contribution in [2.24, 2.45) is 0 Å². The van der Waals surface area contributed by atoms with Gasteiger partial charge in [0.05, 0.1) is 28.9 Å². The lowest BCUT2D eigenvalue weighted by atomic mass is 9.85. The highest BCUT2D eigenvalue weighted by Gasteiger charge is 2.31. The molecule has 35 heavy (non-hydrogen) atoms. The molecule has 2 aliphatic rings. The van der Waals surface area contributed by atoms with Crippen molar-refractivity contribution >= 4 is 34.2 Å². The molecule has 0 saturated carbocycles. The van der Waals surface area contributed by atoms with Gasteiger partial charge in [0.25, 0.3) is 5.91 Å². The van der Waals surface area contributed by atoms with Gasteiger partial charge in [-0.15, -0.1) is 0 Å². The molecule has 5 rings (SSSR count). The summed E-state index contributed by atoms with van der Waals surface area (Å²) in [5.74, 6) is 0.503. The minimum absolute atomic E-state index is 0.00141. The number of amides is 2. The lowest BCUT2D eigenvalue weighted by Gasteiger charge is -2.31. The second-order valence-electron chi connectivity index (χ2n) is 9.03. The Labute approximate surface area is 202 Å². The summed E-state index contributed by atoms with van der Waals surface area (Å²) in [6, 6.07) is 13.2. The average molecular weight is 474 g/mol. The number of fused-ring (bicyclic) bond motifs is 2. The van der Waals surface area contributed by atoms with E-state index in [2.05, 4.69) is 25.9 Å². The Morgan fingerprint density at radius 1 is 1.23 bits per heavy atom. The molecule has 3 heterocycles. The van der Waals surface area contributed by atoms with Crippen LogP contribution in [0.3, 0.4) is 0 Å². The maximum atomic E-state index is 12.8. The van der Waals surface area contributed by atoms with Gasteiger partial charge in [0.1, 0.15) is 0 Å². The van der Waals surface area contributed by atoms with Crippen LogP contribution in [-0.2, 0) is 16.1 Å². The Balaban J connectivity index is 1.17. The Bertz CT molecular complexity index is 1320. The fourth-order valence-corrected chi connectivity index (χ4v) is 4.35. The summed E-state index contributed by atoms with van der Waals surface area (Å²) in [7, 11) is 0. The van der Waals surface area contributed by atoms with Crippen molar-refractivity contribution in [3.8, 4) is 5.75 Å². The van der Waals surface area contributed by atoms with Crippen LogP contribution in [0.2, 0.25) is 0 Å². The lowest BCUT2D eigenvalue weighted by molar-refractivity contribution is -0.120. The molecule has 0 bridgehead atoms. The van der Waals surface area contributed by atoms with E-state index in [1.165, 1.54) is 0 Å². The number of carbonyl (C=O) groups excluding carboxylic acids is 2. The molecule has 3 aromatic rings. The maximum absolute atomic E-state index is 12.8. The summed E-state index contributed by atoms with van der Waals surface area (Å²) in [6.07, 6.45) is 4.67. The van der Waals surface area contributed by atoms with E-state index in [9.17, 15) is 14.7 Å². The molecular weight excluding hydrogens is 446 g/mol. The number of ether oxygens (including phenoxy) is 1. The molecule has 1 aliphatic carbocycles. The van der Waals surface area contributed by atoms with Gasteiger partial charge in [-0.1, -0.05) is 30.4 Å². The predicted molar refractivity (Wildman–Crippen MR) is 132 cm³/mol. The van der Waals surface area contributed by atoms with Gasteiger partial charge in [0, 0.05) is 23.7 Å². The zero-order valence-corrected chi connectivity index (χ0v) is 19.4. The number of benzene rings is 1. The van der Waals surface area contributed by atoms with Crippen LogP contribution in [0, 0.1) is 6.92 Å². The van der Waals surface area contributed by atoms with Crippen LogP contribution in [0.1, 0.15) is 30.7 Å². The highest BCUT2D eigenvalue weighted by molar-refractivity contribution is 6.00. The summed E-state index contributed by atoms with van der Waals surface area (Å²) in [5, 5.41) is 20.9. The number of pyridine rings is 2. The summed E-state index contributed by atoms with van der Waals surface area (Å²) in [5.41, 5.74) is 1.80. The van der Waals surface area contributed by atoms with E-state index in [1.807, 2.05) is 49.4 Å². The predicted octanol–water partition coefficient (Wildman–Crippen LogP) is 2.84. The summed E-state index contributed by atoms with van der Waals surface area (Å²) < 4.78 is 5.33. The molecule has 0 fully saturated rings. The second kappa shape index (κ2) is 9.44. The first-order chi connectivity index (χ1) is 16.9. The van der Waals surface area contributed by atoms with Crippen LogP contribution in [-0.4, -0.2) is 45.1 Å². The number of para-hydroxylation sites is 1. The van der Waals surface area contributed by atoms with Crippen molar-refractivity contribution in [2.45, 2.75) is 44.4 Å². The third kappa shape index (κ3) is 5.31. The lowest BCUT2D eigenvalue weighted by Crippen LogP contribution is -2.39. The standard InChI is InChI=1S/C26H27N5O4/c1-16-5-6-17-3-2-4-20(24(17)28-16)30-22(32)13-26(34)11-9-18(10-12-26)27-14-19-7-8-21-25(29-19)31-23(33)15-35-21/h2-9,11,18,27,34H,10,12-15H2,1H3,(H,30,32)(H,29,31,33)/t18-,26+/m0/s1. The van der Waals surface area contributed by atoms with Crippen molar-refractivity contribution in [1.82, 2.24) is 15.3 Å². The molecule has 180 valence electrons. The number of nitrogens with one attached hydrogen (secondary N) is 3. The summed E-state index contributed by atoms with van der Waals surface area (Å²) in [6.45, 7) is 2.40. The van der Waals surface area contributed by atoms with E-state index >= 15 is 0 Å². The fourth-order valence-electron chi connectivity index (χ4n) is 4.35. The van der Waals surface area contributed by atoms with E-state index in [4.69, 9.17) is 4.74 Å². The van der Waals surface area contributed by atoms with Crippen molar-refractivity contribution in [3.63, 3.8) is 0 Å². The normalized spacial score (nSPS) is 21.2. The van der Waals surface area contributed by atoms with Gasteiger partial charge in [-0.2, -0.15) is 0 Å². The Hall–Kier alpha value is -3.82. The first-order valence-electron chi connectivity index (χ1n) is 11.6. The number of nitrogens with zero attached hydrogens (tertiary/aromatic N) is 2. The molecule has 0 radical (unpaired) electrons. The summed E-state index contributed by atoms with van der Waals surface area (Å²) >= 11 is 0. The van der Waals surface area contributed by atoms with Crippen molar-refractivity contribution < 1.29 is 19.4 Å². The van der Waals surface area contributed by atoms with Crippen LogP contribution >= 0.6 is 0 Å². The molecule has 1 aromatic carbocycles. The maximum Gasteiger partial charge on any atom is 0.263 e. The van der Waals surface area contributed by atoms with E-state index < -0.39 is 5.60 Å². The first-order valence-corrected chi connectivity index (χ1v) is 11.6. The number of hydrogen-bond acceptors (Lipinski definition) is 7. The number of anilines is 2. The van der Waals surface area contributed by atoms with Crippen LogP contribution in [0.4, 0.5) is 11.5 Å². The summed E-state index contributed by atoms with van der Waals surface area (Å²) in [4.78, 5) is 33.2. The molecule has 0 spiro atoms. The van der Waals surface area contributed by atoms with Crippen molar-refractivity contribution in [3.05, 3.63) is 66.0 Å². The third-order valence-electron chi connectivity index (χ3n) is 6.21. The largest absolute Gasteiger partial charge is 0.480 e. The molecule has 1 aliphatic heterocycles. The van der Waals surface area contributed by atoms with Gasteiger partial charge < -0.3 is 25.8 Å². The molecule has 2 aromatic heterocycles. The number of carbonyl (C=O) groups is 2. The van der Waals surface area contributed by atoms with E-state index in [0.29, 0.717) is 36.6 Å². The molecule has 2 atom stereocenters.